The predicted molar refractivity (Wildman–Crippen MR) is 219 cm³/mol. The van der Waals surface area contributed by atoms with Crippen LogP contribution < -0.4 is 0 Å². The number of rotatable bonds is 22. The van der Waals surface area contributed by atoms with E-state index in [1.165, 1.54) is 160 Å². The highest BCUT2D eigenvalue weighted by atomic mass is 16.5. The molecule has 2 nitrogen and oxygen atoms in total. The summed E-state index contributed by atoms with van der Waals surface area (Å²) in [7, 11) is 0. The average Bonchev–Trinajstić information content (AvgIpc) is 3.67. The van der Waals surface area contributed by atoms with E-state index in [0.717, 1.165) is 30.6 Å². The van der Waals surface area contributed by atoms with Crippen molar-refractivity contribution in [2.45, 2.75) is 235 Å². The molecule has 5 fully saturated rings. The van der Waals surface area contributed by atoms with Gasteiger partial charge in [-0.25, -0.2) is 0 Å². The van der Waals surface area contributed by atoms with E-state index in [0.29, 0.717) is 39.9 Å². The number of unbranched alkanes of at least 4 members (excludes halogenated alkanes) is 14. The van der Waals surface area contributed by atoms with Gasteiger partial charge >= 0.3 is 5.97 Å². The first-order valence-electron chi connectivity index (χ1n) is 23.1. The van der Waals surface area contributed by atoms with Crippen molar-refractivity contribution in [1.82, 2.24) is 0 Å². The highest BCUT2D eigenvalue weighted by Crippen LogP contribution is 2.89. The van der Waals surface area contributed by atoms with Gasteiger partial charge in [0.25, 0.3) is 0 Å². The van der Waals surface area contributed by atoms with Gasteiger partial charge in [0.2, 0.25) is 0 Å². The minimum absolute atomic E-state index is 0.0858. The number of hydrogen-bond donors (Lipinski definition) is 0. The molecule has 0 N–H and O–H groups in total. The van der Waals surface area contributed by atoms with Crippen molar-refractivity contribution in [2.24, 2.45) is 56.7 Å². The van der Waals surface area contributed by atoms with Crippen LogP contribution in [0.3, 0.4) is 0 Å². The second-order valence-electron chi connectivity index (χ2n) is 21.0. The zero-order valence-electron chi connectivity index (χ0n) is 35.6. The van der Waals surface area contributed by atoms with E-state index in [1.807, 2.05) is 0 Å². The number of carbonyl (C=O) groups is 1. The fraction of sp³-hybridized carbons (Fsp3) is 0.939. The maximum Gasteiger partial charge on any atom is 0.306 e. The van der Waals surface area contributed by atoms with Crippen molar-refractivity contribution < 1.29 is 9.53 Å². The van der Waals surface area contributed by atoms with Gasteiger partial charge in [0.1, 0.15) is 6.10 Å². The van der Waals surface area contributed by atoms with Crippen LogP contribution in [0, 0.1) is 56.7 Å². The van der Waals surface area contributed by atoms with Crippen LogP contribution in [-0.2, 0) is 9.53 Å². The van der Waals surface area contributed by atoms with E-state index >= 15 is 0 Å². The van der Waals surface area contributed by atoms with Crippen molar-refractivity contribution in [3.8, 4) is 0 Å². The number of esters is 1. The second kappa shape index (κ2) is 17.3. The normalized spacial score (nSPS) is 37.4. The molecule has 0 heterocycles. The summed E-state index contributed by atoms with van der Waals surface area (Å²) in [4.78, 5) is 13.2. The molecule has 0 radical (unpaired) electrons. The smallest absolute Gasteiger partial charge is 0.306 e. The van der Waals surface area contributed by atoms with E-state index in [9.17, 15) is 4.79 Å². The minimum atomic E-state index is 0.0858. The lowest BCUT2D eigenvalue weighted by atomic mass is 9.41. The second-order valence-corrected chi connectivity index (χ2v) is 21.0. The third kappa shape index (κ3) is 8.26. The van der Waals surface area contributed by atoms with Crippen molar-refractivity contribution in [1.29, 1.82) is 0 Å². The van der Waals surface area contributed by atoms with Crippen molar-refractivity contribution >= 4 is 5.97 Å². The third-order valence-corrected chi connectivity index (χ3v) is 18.0. The van der Waals surface area contributed by atoms with Crippen LogP contribution in [0.2, 0.25) is 0 Å². The molecule has 0 bridgehead atoms. The highest BCUT2D eigenvalue weighted by molar-refractivity contribution is 5.69. The van der Waals surface area contributed by atoms with E-state index in [-0.39, 0.29) is 17.5 Å². The molecule has 0 aliphatic heterocycles. The first-order chi connectivity index (χ1) is 24.3. The molecule has 294 valence electrons. The van der Waals surface area contributed by atoms with Crippen molar-refractivity contribution in [3.05, 3.63) is 12.2 Å². The molecule has 51 heavy (non-hydrogen) atoms. The van der Waals surface area contributed by atoms with Gasteiger partial charge in [0.15, 0.2) is 0 Å². The Balaban J connectivity index is 1.03. The molecule has 5 aliphatic rings. The zero-order chi connectivity index (χ0) is 36.9. The number of hydrogen-bond acceptors (Lipinski definition) is 2. The molecule has 10 atom stereocenters. The molecular weight excluding hydrogens is 621 g/mol. The summed E-state index contributed by atoms with van der Waals surface area (Å²) in [5.41, 5.74) is 3.50. The topological polar surface area (TPSA) is 26.3 Å². The van der Waals surface area contributed by atoms with Gasteiger partial charge in [-0.15, -0.1) is 0 Å². The Morgan fingerprint density at radius 2 is 1.22 bits per heavy atom. The monoisotopic (exact) mass is 707 g/mol. The molecule has 5 rings (SSSR count). The molecule has 0 amide bonds. The van der Waals surface area contributed by atoms with Crippen LogP contribution in [0.4, 0.5) is 0 Å². The summed E-state index contributed by atoms with van der Waals surface area (Å²) in [6, 6.07) is 0. The van der Waals surface area contributed by atoms with Gasteiger partial charge in [-0.1, -0.05) is 151 Å². The molecule has 0 aromatic heterocycles. The van der Waals surface area contributed by atoms with E-state index in [2.05, 4.69) is 62.0 Å². The molecule has 2 heteroatoms. The largest absolute Gasteiger partial charge is 0.462 e. The number of fused-ring (bicyclic) bond motifs is 2. The summed E-state index contributed by atoms with van der Waals surface area (Å²) < 4.78 is 6.43. The first-order valence-corrected chi connectivity index (χ1v) is 23.1. The quantitative estimate of drug-likeness (QED) is 0.0636. The maximum absolute atomic E-state index is 13.2. The Morgan fingerprint density at radius 3 is 1.80 bits per heavy atom. The Labute approximate surface area is 318 Å². The van der Waals surface area contributed by atoms with Gasteiger partial charge in [-0.3, -0.25) is 4.79 Å². The van der Waals surface area contributed by atoms with Crippen LogP contribution in [0.5, 0.6) is 0 Å². The average molecular weight is 707 g/mol. The third-order valence-electron chi connectivity index (χ3n) is 18.0. The zero-order valence-corrected chi connectivity index (χ0v) is 35.6. The molecule has 0 aromatic carbocycles. The molecular formula is C49H86O2. The Hall–Kier alpha value is -0.790. The minimum Gasteiger partial charge on any atom is -0.462 e. The SMILES string of the molecule is C=C(C)C(C)CC[C@@H](C)[C@H]1CC[C@@]2(C)[C@@H]3CC[C@H]4C(C)(C)[C@@H](OC(=O)CCCCCCCCCCCCCCCCC)CC[C@@]45C[C@@]35CC[C@]12C. The maximum atomic E-state index is 13.2. The Kier molecular flexibility index (Phi) is 14.1. The summed E-state index contributed by atoms with van der Waals surface area (Å²) in [5, 5.41) is 0. The van der Waals surface area contributed by atoms with Gasteiger partial charge in [-0.2, -0.15) is 0 Å². The summed E-state index contributed by atoms with van der Waals surface area (Å²) in [5.74, 6) is 4.03. The van der Waals surface area contributed by atoms with Gasteiger partial charge in [0.05, 0.1) is 0 Å². The molecule has 2 spiro atoms. The summed E-state index contributed by atoms with van der Waals surface area (Å²) in [6.07, 6.45) is 36.2. The van der Waals surface area contributed by atoms with Crippen molar-refractivity contribution in [3.63, 3.8) is 0 Å². The van der Waals surface area contributed by atoms with Crippen LogP contribution in [-0.4, -0.2) is 12.1 Å². The Morgan fingerprint density at radius 1 is 0.667 bits per heavy atom. The van der Waals surface area contributed by atoms with E-state index < -0.39 is 0 Å². The fourth-order valence-electron chi connectivity index (χ4n) is 14.3. The lowest BCUT2D eigenvalue weighted by molar-refractivity contribution is -0.183. The van der Waals surface area contributed by atoms with Crippen molar-refractivity contribution in [2.75, 3.05) is 0 Å². The lowest BCUT2D eigenvalue weighted by Gasteiger charge is -2.63. The molecule has 0 aromatic rings. The highest BCUT2D eigenvalue weighted by Gasteiger charge is 2.82. The first kappa shape index (κ1) is 41.4. The van der Waals surface area contributed by atoms with Crippen LogP contribution >= 0.6 is 0 Å². The van der Waals surface area contributed by atoms with Crippen LogP contribution in [0.1, 0.15) is 229 Å². The fourth-order valence-corrected chi connectivity index (χ4v) is 14.3. The summed E-state index contributed by atoms with van der Waals surface area (Å²) in [6.45, 7) is 24.2. The predicted octanol–water partition coefficient (Wildman–Crippen LogP) is 15.2. The number of allylic oxidation sites excluding steroid dienone is 1. The van der Waals surface area contributed by atoms with Gasteiger partial charge in [0, 0.05) is 11.8 Å². The lowest BCUT2D eigenvalue weighted by Crippen LogP contribution is -2.58. The number of ether oxygens (including phenoxy) is 1. The molecule has 1 unspecified atom stereocenters. The standard InChI is InChI=1S/C49H86O2/c1-10-11-12-13-14-15-16-17-18-19-20-21-22-23-24-25-44(50)51-43-31-33-48-36-49(48)35-34-46(8)40(39(5)27-26-38(4)37(2)3)30-32-47(46,9)42(49)29-28-41(48)45(43,6)7/h38-43H,2,10-36H2,1,3-9H3/t38?,39-,40-,41+,42+,43+,46-,47+,48-,49+/m1/s1. The molecule has 5 aliphatic carbocycles. The van der Waals surface area contributed by atoms with Crippen LogP contribution in [0.25, 0.3) is 0 Å². The van der Waals surface area contributed by atoms with E-state index in [4.69, 9.17) is 4.74 Å². The molecule has 5 saturated carbocycles. The van der Waals surface area contributed by atoms with Gasteiger partial charge in [-0.05, 0) is 135 Å². The summed E-state index contributed by atoms with van der Waals surface area (Å²) >= 11 is 0. The van der Waals surface area contributed by atoms with E-state index in [1.54, 1.807) is 0 Å². The molecule has 0 saturated heterocycles. The Bertz CT molecular complexity index is 1140. The number of carbonyl (C=O) groups excluding carboxylic acids is 1. The van der Waals surface area contributed by atoms with Crippen LogP contribution in [0.15, 0.2) is 12.2 Å². The van der Waals surface area contributed by atoms with Gasteiger partial charge < -0.3 is 4.74 Å².